The maximum absolute atomic E-state index is 11.3. The summed E-state index contributed by atoms with van der Waals surface area (Å²) in [6.07, 6.45) is 18.9. The summed E-state index contributed by atoms with van der Waals surface area (Å²) in [5.74, 6) is -1.71. The van der Waals surface area contributed by atoms with Crippen LogP contribution in [0.3, 0.4) is 0 Å². The van der Waals surface area contributed by atoms with E-state index in [4.69, 9.17) is 5.73 Å². The van der Waals surface area contributed by atoms with Crippen LogP contribution in [0.15, 0.2) is 24.0 Å². The molecule has 1 aliphatic heterocycles. The number of nitrogens with zero attached hydrogens (tertiary/aromatic N) is 1. The first-order valence-corrected chi connectivity index (χ1v) is 9.35. The molecular formula is C19H33N3O2. The van der Waals surface area contributed by atoms with Crippen molar-refractivity contribution < 1.29 is 9.59 Å². The second kappa shape index (κ2) is 12.6. The highest BCUT2D eigenvalue weighted by Crippen LogP contribution is 2.12. The summed E-state index contributed by atoms with van der Waals surface area (Å²) in [6, 6.07) is 0. The Kier molecular flexibility index (Phi) is 10.7. The van der Waals surface area contributed by atoms with Crippen LogP contribution in [0.5, 0.6) is 0 Å². The molecule has 0 aromatic heterocycles. The van der Waals surface area contributed by atoms with E-state index >= 15 is 0 Å². The van der Waals surface area contributed by atoms with Gasteiger partial charge < -0.3 is 16.0 Å². The fourth-order valence-corrected chi connectivity index (χ4v) is 2.85. The Morgan fingerprint density at radius 3 is 2.21 bits per heavy atom. The van der Waals surface area contributed by atoms with Crippen LogP contribution in [-0.4, -0.2) is 29.8 Å². The Labute approximate surface area is 146 Å². The van der Waals surface area contributed by atoms with Gasteiger partial charge in [0.2, 0.25) is 0 Å². The standard InChI is InChI=1S/C19H33N3O2/c1-2-3-4-5-6-7-8-9-10-11-14-22-15-12-13-17(16-22)21-19(24)18(20)23/h12-13,15H,2-11,14,16H2,1H3,(H2,20,23)(H,21,24). The third-order valence-electron chi connectivity index (χ3n) is 4.26. The van der Waals surface area contributed by atoms with Gasteiger partial charge in [0, 0.05) is 12.2 Å². The molecule has 5 heteroatoms. The number of hydrogen-bond donors (Lipinski definition) is 2. The molecule has 0 aromatic carbocycles. The lowest BCUT2D eigenvalue weighted by Gasteiger charge is -2.24. The second-order valence-corrected chi connectivity index (χ2v) is 6.50. The summed E-state index contributed by atoms with van der Waals surface area (Å²) < 4.78 is 0. The minimum Gasteiger partial charge on any atom is -0.372 e. The molecule has 0 saturated carbocycles. The molecule has 1 aliphatic rings. The van der Waals surface area contributed by atoms with Crippen LogP contribution in [0.25, 0.3) is 0 Å². The fraction of sp³-hybridized carbons (Fsp3) is 0.684. The maximum Gasteiger partial charge on any atom is 0.313 e. The van der Waals surface area contributed by atoms with E-state index in [1.165, 1.54) is 57.8 Å². The number of unbranched alkanes of at least 4 members (excludes halogenated alkanes) is 9. The van der Waals surface area contributed by atoms with Crippen LogP contribution in [-0.2, 0) is 9.59 Å². The number of carbonyl (C=O) groups is 2. The molecule has 3 N–H and O–H groups in total. The average Bonchev–Trinajstić information content (AvgIpc) is 2.57. The SMILES string of the molecule is CCCCCCCCCCCCN1C=CC=C(NC(=O)C(N)=O)C1. The molecule has 0 unspecified atom stereocenters. The van der Waals surface area contributed by atoms with Crippen molar-refractivity contribution in [3.8, 4) is 0 Å². The van der Waals surface area contributed by atoms with Gasteiger partial charge >= 0.3 is 11.8 Å². The minimum atomic E-state index is -0.952. The molecule has 0 aliphatic carbocycles. The predicted octanol–water partition coefficient (Wildman–Crippen LogP) is 3.22. The molecule has 136 valence electrons. The number of hydrogen-bond acceptors (Lipinski definition) is 3. The highest BCUT2D eigenvalue weighted by atomic mass is 16.2. The van der Waals surface area contributed by atoms with E-state index in [1.807, 2.05) is 12.3 Å². The molecule has 0 fully saturated rings. The molecule has 1 heterocycles. The third-order valence-corrected chi connectivity index (χ3v) is 4.26. The van der Waals surface area contributed by atoms with E-state index in [0.717, 1.165) is 13.0 Å². The number of primary amides is 1. The molecular weight excluding hydrogens is 302 g/mol. The molecule has 0 saturated heterocycles. The van der Waals surface area contributed by atoms with Gasteiger partial charge in [0.1, 0.15) is 0 Å². The number of nitrogens with two attached hydrogens (primary N) is 1. The molecule has 24 heavy (non-hydrogen) atoms. The summed E-state index contributed by atoms with van der Waals surface area (Å²) in [5.41, 5.74) is 5.67. The number of carbonyl (C=O) groups excluding carboxylic acids is 2. The number of nitrogens with one attached hydrogen (secondary N) is 1. The van der Waals surface area contributed by atoms with Crippen LogP contribution in [0.2, 0.25) is 0 Å². The average molecular weight is 335 g/mol. The van der Waals surface area contributed by atoms with Gasteiger partial charge in [-0.25, -0.2) is 0 Å². The van der Waals surface area contributed by atoms with E-state index in [0.29, 0.717) is 12.2 Å². The molecule has 0 aromatic rings. The number of rotatable bonds is 12. The molecule has 0 bridgehead atoms. The van der Waals surface area contributed by atoms with E-state index in [9.17, 15) is 9.59 Å². The summed E-state index contributed by atoms with van der Waals surface area (Å²) in [5, 5.41) is 2.54. The van der Waals surface area contributed by atoms with Crippen LogP contribution < -0.4 is 11.1 Å². The first kappa shape index (κ1) is 20.3. The molecule has 0 radical (unpaired) electrons. The van der Waals surface area contributed by atoms with Crippen molar-refractivity contribution >= 4 is 11.8 Å². The van der Waals surface area contributed by atoms with E-state index in [2.05, 4.69) is 17.1 Å². The van der Waals surface area contributed by atoms with Gasteiger partial charge in [-0.2, -0.15) is 0 Å². The minimum absolute atomic E-state index is 0.618. The van der Waals surface area contributed by atoms with Crippen molar-refractivity contribution in [2.45, 2.75) is 71.1 Å². The lowest BCUT2D eigenvalue weighted by Crippen LogP contribution is -2.39. The van der Waals surface area contributed by atoms with Gasteiger partial charge in [-0.15, -0.1) is 0 Å². The van der Waals surface area contributed by atoms with Crippen molar-refractivity contribution in [2.24, 2.45) is 5.73 Å². The van der Waals surface area contributed by atoms with Crippen LogP contribution in [0, 0.1) is 0 Å². The smallest absolute Gasteiger partial charge is 0.313 e. The van der Waals surface area contributed by atoms with Gasteiger partial charge in [0.15, 0.2) is 0 Å². The van der Waals surface area contributed by atoms with Crippen LogP contribution >= 0.6 is 0 Å². The number of amides is 2. The zero-order valence-corrected chi connectivity index (χ0v) is 15.1. The molecule has 0 spiro atoms. The highest BCUT2D eigenvalue weighted by Gasteiger charge is 2.13. The normalized spacial score (nSPS) is 13.7. The Bertz CT molecular complexity index is 444. The third kappa shape index (κ3) is 9.38. The lowest BCUT2D eigenvalue weighted by atomic mass is 10.1. The van der Waals surface area contributed by atoms with Crippen molar-refractivity contribution in [1.82, 2.24) is 10.2 Å². The molecule has 0 atom stereocenters. The largest absolute Gasteiger partial charge is 0.372 e. The highest BCUT2D eigenvalue weighted by molar-refractivity contribution is 6.34. The van der Waals surface area contributed by atoms with Gasteiger partial charge in [-0.3, -0.25) is 9.59 Å². The quantitative estimate of drug-likeness (QED) is 0.425. The Morgan fingerprint density at radius 2 is 1.62 bits per heavy atom. The predicted molar refractivity (Wildman–Crippen MR) is 98.0 cm³/mol. The van der Waals surface area contributed by atoms with Gasteiger partial charge in [0.25, 0.3) is 0 Å². The van der Waals surface area contributed by atoms with Crippen LogP contribution in [0.1, 0.15) is 71.1 Å². The second-order valence-electron chi connectivity index (χ2n) is 6.50. The summed E-state index contributed by atoms with van der Waals surface area (Å²) >= 11 is 0. The maximum atomic E-state index is 11.3. The molecule has 5 nitrogen and oxygen atoms in total. The summed E-state index contributed by atoms with van der Waals surface area (Å²) in [7, 11) is 0. The van der Waals surface area contributed by atoms with E-state index in [-0.39, 0.29) is 0 Å². The van der Waals surface area contributed by atoms with Gasteiger partial charge in [-0.1, -0.05) is 64.7 Å². The Hall–Kier alpha value is -1.78. The van der Waals surface area contributed by atoms with E-state index < -0.39 is 11.8 Å². The summed E-state index contributed by atoms with van der Waals surface area (Å²) in [6.45, 7) is 3.84. The molecule has 1 rings (SSSR count). The first-order chi connectivity index (χ1) is 11.6. The van der Waals surface area contributed by atoms with Crippen molar-refractivity contribution in [3.63, 3.8) is 0 Å². The zero-order chi connectivity index (χ0) is 17.6. The zero-order valence-electron chi connectivity index (χ0n) is 15.1. The van der Waals surface area contributed by atoms with Crippen molar-refractivity contribution in [3.05, 3.63) is 24.0 Å². The van der Waals surface area contributed by atoms with Crippen LogP contribution in [0.4, 0.5) is 0 Å². The fourth-order valence-electron chi connectivity index (χ4n) is 2.85. The monoisotopic (exact) mass is 335 g/mol. The topological polar surface area (TPSA) is 75.4 Å². The van der Waals surface area contributed by atoms with Gasteiger partial charge in [-0.05, 0) is 24.8 Å². The summed E-state index contributed by atoms with van der Waals surface area (Å²) in [4.78, 5) is 24.2. The lowest BCUT2D eigenvalue weighted by molar-refractivity contribution is -0.136. The molecule has 2 amide bonds. The van der Waals surface area contributed by atoms with Gasteiger partial charge in [0.05, 0.1) is 6.54 Å². The number of allylic oxidation sites excluding steroid dienone is 2. The first-order valence-electron chi connectivity index (χ1n) is 9.35. The van der Waals surface area contributed by atoms with E-state index in [1.54, 1.807) is 6.08 Å². The Balaban J connectivity index is 2.02. The Morgan fingerprint density at radius 1 is 1.04 bits per heavy atom. The van der Waals surface area contributed by atoms with Crippen molar-refractivity contribution in [2.75, 3.05) is 13.1 Å². The van der Waals surface area contributed by atoms with Crippen molar-refractivity contribution in [1.29, 1.82) is 0 Å².